The second-order valence-electron chi connectivity index (χ2n) is 14.3. The smallest absolute Gasteiger partial charge is 0.416 e. The highest BCUT2D eigenvalue weighted by molar-refractivity contribution is 6.05. The SMILES string of the molecule is Cn1c(-c2nc(NC3CCN(C(=O)OC(C)(C)C)CC3)ncc2C#Cc2cccc(NC(=O)Nc3ccc(C(F)(F)F)cc3)c2)cc2c1CCN(C(=O)O)C2=O. The van der Waals surface area contributed by atoms with E-state index in [-0.39, 0.29) is 29.9 Å². The van der Waals surface area contributed by atoms with Crippen LogP contribution in [-0.2, 0) is 24.4 Å². The molecule has 0 atom stereocenters. The minimum Gasteiger partial charge on any atom is -0.465 e. The number of alkyl halides is 3. The number of aromatic nitrogens is 3. The first kappa shape index (κ1) is 39.1. The van der Waals surface area contributed by atoms with Gasteiger partial charge in [0.1, 0.15) is 11.3 Å². The molecule has 0 aliphatic carbocycles. The average molecular weight is 773 g/mol. The molecule has 17 heteroatoms. The lowest BCUT2D eigenvalue weighted by atomic mass is 10.1. The summed E-state index contributed by atoms with van der Waals surface area (Å²) in [6.45, 7) is 6.40. The molecule has 4 heterocycles. The first-order chi connectivity index (χ1) is 26.4. The van der Waals surface area contributed by atoms with E-state index in [1.165, 1.54) is 0 Å². The van der Waals surface area contributed by atoms with Gasteiger partial charge in [0.05, 0.1) is 22.4 Å². The van der Waals surface area contributed by atoms with Crippen LogP contribution >= 0.6 is 0 Å². The number of carboxylic acid groups (broad SMARTS) is 1. The number of ether oxygens (including phenoxy) is 1. The topological polar surface area (TPSA) is 171 Å². The zero-order chi connectivity index (χ0) is 40.4. The molecule has 0 bridgehead atoms. The number of fused-ring (bicyclic) bond motifs is 1. The van der Waals surface area contributed by atoms with Gasteiger partial charge in [-0.25, -0.2) is 29.3 Å². The Labute approximate surface area is 320 Å². The maximum Gasteiger partial charge on any atom is 0.416 e. The summed E-state index contributed by atoms with van der Waals surface area (Å²) in [6.07, 6.45) is -3.12. The van der Waals surface area contributed by atoms with Crippen molar-refractivity contribution in [2.75, 3.05) is 35.6 Å². The standard InChI is InChI=1S/C39H39F3N8O6/c1-38(2,3)56-37(55)49-17-14-27(15-18-49)44-34-43-22-24(32(47-34)31-21-29-30(48(31)4)16-19-50(33(29)51)36(53)54)9-8-23-6-5-7-28(20-23)46-35(52)45-26-12-10-25(11-13-26)39(40,41)42/h5-7,10-13,20-22,27H,14-19H2,1-4H3,(H,53,54)(H,43,44,47)(H2,45,46,52). The van der Waals surface area contributed by atoms with Crippen molar-refractivity contribution in [3.63, 3.8) is 0 Å². The largest absolute Gasteiger partial charge is 0.465 e. The molecule has 1 fully saturated rings. The van der Waals surface area contributed by atoms with Crippen LogP contribution < -0.4 is 16.0 Å². The van der Waals surface area contributed by atoms with Gasteiger partial charge in [-0.1, -0.05) is 17.9 Å². The Morgan fingerprint density at radius 1 is 0.946 bits per heavy atom. The van der Waals surface area contributed by atoms with E-state index in [9.17, 15) is 37.5 Å². The summed E-state index contributed by atoms with van der Waals surface area (Å²) in [4.78, 5) is 61.9. The van der Waals surface area contributed by atoms with Gasteiger partial charge in [0.2, 0.25) is 5.95 Å². The Bertz CT molecular complexity index is 2230. The molecular weight excluding hydrogens is 733 g/mol. The van der Waals surface area contributed by atoms with E-state index in [2.05, 4.69) is 32.8 Å². The molecule has 0 unspecified atom stereocenters. The third-order valence-electron chi connectivity index (χ3n) is 9.08. The van der Waals surface area contributed by atoms with Crippen molar-refractivity contribution >= 4 is 41.4 Å². The van der Waals surface area contributed by atoms with Crippen molar-refractivity contribution in [1.29, 1.82) is 0 Å². The second-order valence-corrected chi connectivity index (χ2v) is 14.3. The lowest BCUT2D eigenvalue weighted by Crippen LogP contribution is -2.44. The number of nitrogens with zero attached hydrogens (tertiary/aromatic N) is 5. The fourth-order valence-electron chi connectivity index (χ4n) is 6.31. The second kappa shape index (κ2) is 15.7. The highest BCUT2D eigenvalue weighted by Crippen LogP contribution is 2.32. The van der Waals surface area contributed by atoms with Crippen molar-refractivity contribution in [2.45, 2.75) is 57.9 Å². The summed E-state index contributed by atoms with van der Waals surface area (Å²) >= 11 is 0. The number of hydrogen-bond donors (Lipinski definition) is 4. The highest BCUT2D eigenvalue weighted by Gasteiger charge is 2.33. The van der Waals surface area contributed by atoms with Crippen molar-refractivity contribution in [1.82, 2.24) is 24.3 Å². The zero-order valence-corrected chi connectivity index (χ0v) is 31.0. The van der Waals surface area contributed by atoms with Gasteiger partial charge in [-0.05, 0) is 82.1 Å². The van der Waals surface area contributed by atoms with E-state index in [1.54, 1.807) is 53.0 Å². The van der Waals surface area contributed by atoms with Crippen LogP contribution in [0.3, 0.4) is 0 Å². The molecule has 4 aromatic rings. The van der Waals surface area contributed by atoms with Crippen LogP contribution in [0.4, 0.5) is 44.9 Å². The van der Waals surface area contributed by atoms with E-state index in [1.807, 2.05) is 20.8 Å². The lowest BCUT2D eigenvalue weighted by Gasteiger charge is -2.33. The van der Waals surface area contributed by atoms with Crippen molar-refractivity contribution in [3.05, 3.63) is 88.7 Å². The van der Waals surface area contributed by atoms with Crippen LogP contribution in [0.25, 0.3) is 11.4 Å². The number of piperidine rings is 1. The summed E-state index contributed by atoms with van der Waals surface area (Å²) in [6, 6.07) is 11.5. The Morgan fingerprint density at radius 3 is 2.30 bits per heavy atom. The third kappa shape index (κ3) is 9.20. The molecule has 2 aliphatic rings. The van der Waals surface area contributed by atoms with Crippen LogP contribution in [0.2, 0.25) is 0 Å². The minimum absolute atomic E-state index is 0.0103. The molecule has 6 rings (SSSR count). The van der Waals surface area contributed by atoms with Gasteiger partial charge < -0.3 is 35.3 Å². The number of urea groups is 1. The van der Waals surface area contributed by atoms with Crippen molar-refractivity contribution in [2.24, 2.45) is 7.05 Å². The van der Waals surface area contributed by atoms with E-state index in [0.29, 0.717) is 72.2 Å². The number of imide groups is 1. The molecule has 14 nitrogen and oxygen atoms in total. The Kier molecular flexibility index (Phi) is 10.9. The number of hydrogen-bond acceptors (Lipinski definition) is 8. The average Bonchev–Trinajstić information content (AvgIpc) is 3.47. The Balaban J connectivity index is 1.24. The van der Waals surface area contributed by atoms with E-state index in [0.717, 1.165) is 29.2 Å². The summed E-state index contributed by atoms with van der Waals surface area (Å²) in [5.41, 5.74) is 1.79. The fourth-order valence-corrected chi connectivity index (χ4v) is 6.31. The van der Waals surface area contributed by atoms with Gasteiger partial charge in [0.25, 0.3) is 5.91 Å². The Hall–Kier alpha value is -6.57. The normalized spacial score (nSPS) is 14.7. The van der Waals surface area contributed by atoms with Gasteiger partial charge >= 0.3 is 24.4 Å². The minimum atomic E-state index is -4.50. The first-order valence-corrected chi connectivity index (χ1v) is 17.7. The molecule has 5 amide bonds. The van der Waals surface area contributed by atoms with Crippen LogP contribution in [-0.4, -0.2) is 84.8 Å². The van der Waals surface area contributed by atoms with Gasteiger partial charge in [-0.3, -0.25) is 4.79 Å². The predicted octanol–water partition coefficient (Wildman–Crippen LogP) is 7.03. The molecule has 0 radical (unpaired) electrons. The van der Waals surface area contributed by atoms with E-state index >= 15 is 0 Å². The number of likely N-dealkylation sites (tertiary alicyclic amines) is 1. The number of benzene rings is 2. The number of carbonyl (C=O) groups is 4. The summed E-state index contributed by atoms with van der Waals surface area (Å²) in [7, 11) is 1.77. The van der Waals surface area contributed by atoms with E-state index < -0.39 is 35.4 Å². The molecule has 0 saturated carbocycles. The van der Waals surface area contributed by atoms with Crippen molar-refractivity contribution in [3.8, 4) is 23.2 Å². The summed E-state index contributed by atoms with van der Waals surface area (Å²) in [5, 5.41) is 18.1. The molecule has 292 valence electrons. The van der Waals surface area contributed by atoms with Crippen LogP contribution in [0.5, 0.6) is 0 Å². The molecule has 2 aromatic heterocycles. The maximum absolute atomic E-state index is 13.1. The number of amides is 5. The number of anilines is 3. The number of nitrogens with one attached hydrogen (secondary N) is 3. The van der Waals surface area contributed by atoms with Crippen LogP contribution in [0, 0.1) is 11.8 Å². The van der Waals surface area contributed by atoms with Crippen molar-refractivity contribution < 1.29 is 42.2 Å². The molecule has 56 heavy (non-hydrogen) atoms. The molecule has 0 spiro atoms. The van der Waals surface area contributed by atoms with Crippen LogP contribution in [0.15, 0.2) is 60.8 Å². The maximum atomic E-state index is 13.1. The molecular formula is C39H39F3N8O6. The quantitative estimate of drug-likeness (QED) is 0.156. The molecule has 2 aliphatic heterocycles. The van der Waals surface area contributed by atoms with Crippen LogP contribution in [0.1, 0.15) is 66.4 Å². The number of rotatable bonds is 5. The summed E-state index contributed by atoms with van der Waals surface area (Å²) < 4.78 is 46.0. The molecule has 1 saturated heterocycles. The fraction of sp³-hybridized carbons (Fsp3) is 0.333. The van der Waals surface area contributed by atoms with Gasteiger partial charge in [0.15, 0.2) is 0 Å². The lowest BCUT2D eigenvalue weighted by molar-refractivity contribution is -0.137. The van der Waals surface area contributed by atoms with E-state index in [4.69, 9.17) is 9.72 Å². The highest BCUT2D eigenvalue weighted by atomic mass is 19.4. The number of carbonyl (C=O) groups excluding carboxylic acids is 3. The monoisotopic (exact) mass is 772 g/mol. The predicted molar refractivity (Wildman–Crippen MR) is 200 cm³/mol. The van der Waals surface area contributed by atoms with Gasteiger partial charge in [-0.15, -0.1) is 0 Å². The number of halogens is 3. The summed E-state index contributed by atoms with van der Waals surface area (Å²) in [5.74, 6) is 5.81. The Morgan fingerprint density at radius 2 is 1.64 bits per heavy atom. The first-order valence-electron chi connectivity index (χ1n) is 17.7. The molecule has 4 N–H and O–H groups in total. The zero-order valence-electron chi connectivity index (χ0n) is 31.0. The van der Waals surface area contributed by atoms with Gasteiger partial charge in [0, 0.05) is 68.0 Å². The third-order valence-corrected chi connectivity index (χ3v) is 9.08. The van der Waals surface area contributed by atoms with Gasteiger partial charge in [-0.2, -0.15) is 13.2 Å². The molecule has 2 aromatic carbocycles.